The minimum Gasteiger partial charge on any atom is -0.342 e. The van der Waals surface area contributed by atoms with E-state index in [0.29, 0.717) is 13.0 Å². The molecular formula is C19H29N3O2S. The third-order valence-electron chi connectivity index (χ3n) is 5.15. The highest BCUT2D eigenvalue weighted by molar-refractivity contribution is 7.09. The van der Waals surface area contributed by atoms with Gasteiger partial charge in [-0.3, -0.25) is 14.5 Å². The van der Waals surface area contributed by atoms with Crippen molar-refractivity contribution in [3.8, 4) is 0 Å². The van der Waals surface area contributed by atoms with Crippen LogP contribution >= 0.6 is 11.3 Å². The number of aryl methyl sites for hydroxylation is 1. The minimum absolute atomic E-state index is 0.258. The summed E-state index contributed by atoms with van der Waals surface area (Å²) in [5, 5.41) is 2.09. The Morgan fingerprint density at radius 3 is 2.44 bits per heavy atom. The van der Waals surface area contributed by atoms with Gasteiger partial charge in [0.25, 0.3) is 0 Å². The van der Waals surface area contributed by atoms with Crippen LogP contribution in [0.5, 0.6) is 0 Å². The topological polar surface area (TPSA) is 43.9 Å². The maximum atomic E-state index is 12.5. The summed E-state index contributed by atoms with van der Waals surface area (Å²) < 4.78 is 0. The molecule has 3 rings (SSSR count). The highest BCUT2D eigenvalue weighted by Crippen LogP contribution is 2.14. The van der Waals surface area contributed by atoms with Crippen LogP contribution < -0.4 is 0 Å². The molecule has 2 aliphatic rings. The van der Waals surface area contributed by atoms with E-state index in [1.807, 2.05) is 9.80 Å². The van der Waals surface area contributed by atoms with Crippen molar-refractivity contribution in [3.05, 3.63) is 22.4 Å². The number of thiophene rings is 1. The van der Waals surface area contributed by atoms with Gasteiger partial charge in [-0.15, -0.1) is 11.3 Å². The van der Waals surface area contributed by atoms with Gasteiger partial charge in [-0.05, 0) is 43.6 Å². The molecule has 0 aromatic carbocycles. The molecule has 2 saturated heterocycles. The standard InChI is InChI=1S/C19H29N3O2S/c23-18(8-3-6-17-7-4-15-25-17)22-12-5-9-20(13-14-22)16-19(24)21-10-1-2-11-21/h4,7,15H,1-3,5-6,8-14,16H2. The van der Waals surface area contributed by atoms with Crippen LogP contribution in [0.2, 0.25) is 0 Å². The molecule has 25 heavy (non-hydrogen) atoms. The lowest BCUT2D eigenvalue weighted by Gasteiger charge is -2.24. The zero-order valence-corrected chi connectivity index (χ0v) is 15.8. The van der Waals surface area contributed by atoms with Gasteiger partial charge in [-0.2, -0.15) is 0 Å². The van der Waals surface area contributed by atoms with Crippen LogP contribution in [-0.4, -0.2) is 72.3 Å². The summed E-state index contributed by atoms with van der Waals surface area (Å²) in [6, 6.07) is 4.20. The molecule has 138 valence electrons. The number of hydrogen-bond acceptors (Lipinski definition) is 4. The van der Waals surface area contributed by atoms with Crippen LogP contribution in [-0.2, 0) is 16.0 Å². The first-order valence-electron chi connectivity index (χ1n) is 9.52. The van der Waals surface area contributed by atoms with Gasteiger partial charge >= 0.3 is 0 Å². The second-order valence-electron chi connectivity index (χ2n) is 7.03. The van der Waals surface area contributed by atoms with Crippen molar-refractivity contribution < 1.29 is 9.59 Å². The van der Waals surface area contributed by atoms with Crippen LogP contribution in [0.25, 0.3) is 0 Å². The van der Waals surface area contributed by atoms with E-state index in [4.69, 9.17) is 0 Å². The van der Waals surface area contributed by atoms with Crippen molar-refractivity contribution in [3.63, 3.8) is 0 Å². The van der Waals surface area contributed by atoms with Gasteiger partial charge in [0.05, 0.1) is 6.54 Å². The monoisotopic (exact) mass is 363 g/mol. The first-order chi connectivity index (χ1) is 12.2. The molecule has 6 heteroatoms. The summed E-state index contributed by atoms with van der Waals surface area (Å²) in [6.07, 6.45) is 5.79. The van der Waals surface area contributed by atoms with Crippen molar-refractivity contribution in [2.75, 3.05) is 45.8 Å². The SMILES string of the molecule is O=C(CCCc1cccs1)N1CCCN(CC(=O)N2CCCC2)CC1. The van der Waals surface area contributed by atoms with Crippen LogP contribution in [0.3, 0.4) is 0 Å². The van der Waals surface area contributed by atoms with Gasteiger partial charge in [0.1, 0.15) is 0 Å². The quantitative estimate of drug-likeness (QED) is 0.778. The number of nitrogens with zero attached hydrogens (tertiary/aromatic N) is 3. The predicted octanol–water partition coefficient (Wildman–Crippen LogP) is 2.23. The minimum atomic E-state index is 0.258. The molecular weight excluding hydrogens is 334 g/mol. The third kappa shape index (κ3) is 5.54. The molecule has 0 atom stereocenters. The fourth-order valence-electron chi connectivity index (χ4n) is 3.66. The molecule has 1 aromatic heterocycles. The third-order valence-corrected chi connectivity index (χ3v) is 6.09. The van der Waals surface area contributed by atoms with Gasteiger partial charge in [0.15, 0.2) is 0 Å². The first kappa shape index (κ1) is 18.4. The molecule has 0 unspecified atom stereocenters. The second kappa shape index (κ2) is 9.34. The number of amides is 2. The number of rotatable bonds is 6. The summed E-state index contributed by atoms with van der Waals surface area (Å²) in [5.41, 5.74) is 0. The molecule has 0 N–H and O–H groups in total. The second-order valence-corrected chi connectivity index (χ2v) is 8.06. The molecule has 0 saturated carbocycles. The summed E-state index contributed by atoms with van der Waals surface area (Å²) in [4.78, 5) is 32.3. The van der Waals surface area contributed by atoms with Crippen LogP contribution in [0.1, 0.15) is 37.0 Å². The maximum Gasteiger partial charge on any atom is 0.236 e. The molecule has 1 aromatic rings. The molecule has 5 nitrogen and oxygen atoms in total. The van der Waals surface area contributed by atoms with E-state index in [1.54, 1.807) is 11.3 Å². The maximum absolute atomic E-state index is 12.5. The summed E-state index contributed by atoms with van der Waals surface area (Å²) in [6.45, 7) is 5.66. The van der Waals surface area contributed by atoms with Crippen molar-refractivity contribution in [2.45, 2.75) is 38.5 Å². The average Bonchev–Trinajstić information content (AvgIpc) is 3.27. The molecule has 2 fully saturated rings. The van der Waals surface area contributed by atoms with E-state index in [1.165, 1.54) is 4.88 Å². The van der Waals surface area contributed by atoms with E-state index in [0.717, 1.165) is 71.4 Å². The van der Waals surface area contributed by atoms with E-state index < -0.39 is 0 Å². The lowest BCUT2D eigenvalue weighted by atomic mass is 10.2. The van der Waals surface area contributed by atoms with Crippen molar-refractivity contribution >= 4 is 23.2 Å². The van der Waals surface area contributed by atoms with Crippen LogP contribution in [0.4, 0.5) is 0 Å². The Labute approximate surface area is 154 Å². The van der Waals surface area contributed by atoms with E-state index in [2.05, 4.69) is 22.4 Å². The number of carbonyl (C=O) groups is 2. The Hall–Kier alpha value is -1.40. The number of carbonyl (C=O) groups excluding carboxylic acids is 2. The van der Waals surface area contributed by atoms with Gasteiger partial charge in [-0.1, -0.05) is 6.07 Å². The smallest absolute Gasteiger partial charge is 0.236 e. The number of likely N-dealkylation sites (tertiary alicyclic amines) is 1. The van der Waals surface area contributed by atoms with E-state index in [-0.39, 0.29) is 11.8 Å². The molecule has 0 aliphatic carbocycles. The zero-order chi connectivity index (χ0) is 17.5. The molecule has 3 heterocycles. The zero-order valence-electron chi connectivity index (χ0n) is 15.0. The summed E-state index contributed by atoms with van der Waals surface area (Å²) in [7, 11) is 0. The molecule has 2 aliphatic heterocycles. The lowest BCUT2D eigenvalue weighted by molar-refractivity contribution is -0.131. The summed E-state index contributed by atoms with van der Waals surface area (Å²) >= 11 is 1.76. The van der Waals surface area contributed by atoms with Gasteiger partial charge < -0.3 is 9.80 Å². The Morgan fingerprint density at radius 1 is 0.920 bits per heavy atom. The lowest BCUT2D eigenvalue weighted by Crippen LogP contribution is -2.41. The first-order valence-corrected chi connectivity index (χ1v) is 10.4. The Kier molecular flexibility index (Phi) is 6.87. The van der Waals surface area contributed by atoms with Crippen molar-refractivity contribution in [1.29, 1.82) is 0 Å². The van der Waals surface area contributed by atoms with Crippen molar-refractivity contribution in [1.82, 2.24) is 14.7 Å². The van der Waals surface area contributed by atoms with Crippen LogP contribution in [0, 0.1) is 0 Å². The fraction of sp³-hybridized carbons (Fsp3) is 0.684. The van der Waals surface area contributed by atoms with Gasteiger partial charge in [-0.25, -0.2) is 0 Å². The highest BCUT2D eigenvalue weighted by atomic mass is 32.1. The molecule has 0 spiro atoms. The highest BCUT2D eigenvalue weighted by Gasteiger charge is 2.23. The average molecular weight is 364 g/mol. The molecule has 0 radical (unpaired) electrons. The summed E-state index contributed by atoms with van der Waals surface area (Å²) in [5.74, 6) is 0.525. The predicted molar refractivity (Wildman–Crippen MR) is 101 cm³/mol. The van der Waals surface area contributed by atoms with E-state index in [9.17, 15) is 9.59 Å². The largest absolute Gasteiger partial charge is 0.342 e. The van der Waals surface area contributed by atoms with Gasteiger partial charge in [0, 0.05) is 50.6 Å². The van der Waals surface area contributed by atoms with Crippen molar-refractivity contribution in [2.24, 2.45) is 0 Å². The van der Waals surface area contributed by atoms with E-state index >= 15 is 0 Å². The molecule has 0 bridgehead atoms. The number of hydrogen-bond donors (Lipinski definition) is 0. The fourth-order valence-corrected chi connectivity index (χ4v) is 4.41. The van der Waals surface area contributed by atoms with Crippen LogP contribution in [0.15, 0.2) is 17.5 Å². The molecule has 2 amide bonds. The Balaban J connectivity index is 1.38. The Morgan fingerprint density at radius 2 is 1.68 bits per heavy atom. The normalized spacial score (nSPS) is 19.2. The van der Waals surface area contributed by atoms with Gasteiger partial charge in [0.2, 0.25) is 11.8 Å². The Bertz CT molecular complexity index is 555.